The molecule has 0 spiro atoms. The molecule has 0 N–H and O–H groups in total. The SMILES string of the molecule is CC[C@@H](C)[C@H]1CC[C@H]2C3=CC=C4CCCC[C@]4(C)[C@H]3CC[C@]12C. The monoisotopic (exact) mass is 312 g/mol. The van der Waals surface area contributed by atoms with Crippen molar-refractivity contribution >= 4 is 0 Å². The highest BCUT2D eigenvalue weighted by atomic mass is 14.6. The van der Waals surface area contributed by atoms with E-state index in [-0.39, 0.29) is 0 Å². The maximum atomic E-state index is 2.65. The summed E-state index contributed by atoms with van der Waals surface area (Å²) in [5.74, 6) is 3.62. The van der Waals surface area contributed by atoms with Gasteiger partial charge in [0.1, 0.15) is 0 Å². The highest BCUT2D eigenvalue weighted by molar-refractivity contribution is 5.38. The summed E-state index contributed by atoms with van der Waals surface area (Å²) in [5, 5.41) is 0. The Bertz CT molecular complexity index is 538. The first-order chi connectivity index (χ1) is 11.0. The van der Waals surface area contributed by atoms with Crippen molar-refractivity contribution in [2.24, 2.45) is 34.5 Å². The van der Waals surface area contributed by atoms with E-state index in [0.717, 1.165) is 23.7 Å². The molecule has 0 aromatic heterocycles. The lowest BCUT2D eigenvalue weighted by atomic mass is 9.50. The minimum Gasteiger partial charge on any atom is -0.0651 e. The molecular formula is C23H36. The van der Waals surface area contributed by atoms with Crippen LogP contribution < -0.4 is 0 Å². The number of fused-ring (bicyclic) bond motifs is 5. The van der Waals surface area contributed by atoms with Gasteiger partial charge in [0, 0.05) is 0 Å². The molecular weight excluding hydrogens is 276 g/mol. The van der Waals surface area contributed by atoms with Gasteiger partial charge in [0.05, 0.1) is 0 Å². The van der Waals surface area contributed by atoms with Gasteiger partial charge in [-0.1, -0.05) is 63.8 Å². The average molecular weight is 313 g/mol. The van der Waals surface area contributed by atoms with Crippen LogP contribution in [0.5, 0.6) is 0 Å². The molecule has 23 heavy (non-hydrogen) atoms. The van der Waals surface area contributed by atoms with Crippen molar-refractivity contribution in [1.29, 1.82) is 0 Å². The molecule has 128 valence electrons. The Morgan fingerprint density at radius 1 is 1.04 bits per heavy atom. The number of hydrogen-bond acceptors (Lipinski definition) is 0. The van der Waals surface area contributed by atoms with E-state index < -0.39 is 0 Å². The van der Waals surface area contributed by atoms with E-state index in [0.29, 0.717) is 10.8 Å². The second-order valence-electron chi connectivity index (χ2n) is 9.70. The van der Waals surface area contributed by atoms with Crippen molar-refractivity contribution < 1.29 is 0 Å². The van der Waals surface area contributed by atoms with Gasteiger partial charge in [0.15, 0.2) is 0 Å². The van der Waals surface area contributed by atoms with Crippen LogP contribution in [0.25, 0.3) is 0 Å². The fourth-order valence-corrected chi connectivity index (χ4v) is 7.30. The Kier molecular flexibility index (Phi) is 3.82. The molecule has 0 saturated heterocycles. The number of hydrogen-bond donors (Lipinski definition) is 0. The molecule has 0 aromatic rings. The van der Waals surface area contributed by atoms with Gasteiger partial charge in [0.2, 0.25) is 0 Å². The summed E-state index contributed by atoms with van der Waals surface area (Å²) in [7, 11) is 0. The fraction of sp³-hybridized carbons (Fsp3) is 0.826. The average Bonchev–Trinajstić information content (AvgIpc) is 2.91. The standard InChI is InChI=1S/C23H36/c1-5-16(2)19-11-12-20-18-10-9-17-8-6-7-14-22(17,3)21(18)13-15-23(19,20)4/h9-10,16,19-21H,5-8,11-15H2,1-4H3/t16-,19-,20+,21+,22+,23-/m1/s1. The molecule has 3 saturated carbocycles. The maximum absolute atomic E-state index is 2.65. The van der Waals surface area contributed by atoms with Gasteiger partial charge in [0.25, 0.3) is 0 Å². The molecule has 0 amide bonds. The summed E-state index contributed by atoms with van der Waals surface area (Å²) in [5.41, 5.74) is 4.77. The van der Waals surface area contributed by atoms with Crippen molar-refractivity contribution in [2.45, 2.75) is 85.5 Å². The molecule has 4 aliphatic rings. The highest BCUT2D eigenvalue weighted by Crippen LogP contribution is 2.65. The van der Waals surface area contributed by atoms with Crippen molar-refractivity contribution in [1.82, 2.24) is 0 Å². The second-order valence-corrected chi connectivity index (χ2v) is 9.70. The Labute approximate surface area is 143 Å². The maximum Gasteiger partial charge on any atom is -0.00476 e. The molecule has 4 rings (SSSR count). The van der Waals surface area contributed by atoms with Crippen molar-refractivity contribution in [3.63, 3.8) is 0 Å². The van der Waals surface area contributed by atoms with Crippen LogP contribution in [-0.4, -0.2) is 0 Å². The van der Waals surface area contributed by atoms with E-state index in [2.05, 4.69) is 39.8 Å². The zero-order valence-electron chi connectivity index (χ0n) is 15.8. The topological polar surface area (TPSA) is 0 Å². The van der Waals surface area contributed by atoms with E-state index in [9.17, 15) is 0 Å². The Balaban J connectivity index is 1.69. The molecule has 6 atom stereocenters. The lowest BCUT2D eigenvalue weighted by Gasteiger charge is -2.54. The molecule has 0 radical (unpaired) electrons. The van der Waals surface area contributed by atoms with Gasteiger partial charge in [-0.25, -0.2) is 0 Å². The lowest BCUT2D eigenvalue weighted by Crippen LogP contribution is -2.45. The largest absolute Gasteiger partial charge is 0.0651 e. The molecule has 4 aliphatic carbocycles. The van der Waals surface area contributed by atoms with Crippen molar-refractivity contribution in [3.8, 4) is 0 Å². The summed E-state index contributed by atoms with van der Waals surface area (Å²) in [4.78, 5) is 0. The third-order valence-electron chi connectivity index (χ3n) is 8.89. The summed E-state index contributed by atoms with van der Waals surface area (Å²) in [6, 6.07) is 0. The molecule has 0 nitrogen and oxygen atoms in total. The second kappa shape index (κ2) is 5.50. The summed E-state index contributed by atoms with van der Waals surface area (Å²) in [6.07, 6.45) is 18.1. The summed E-state index contributed by atoms with van der Waals surface area (Å²) >= 11 is 0. The Morgan fingerprint density at radius 3 is 2.65 bits per heavy atom. The zero-order valence-corrected chi connectivity index (χ0v) is 15.8. The normalized spacial score (nSPS) is 47.0. The number of allylic oxidation sites excluding steroid dienone is 4. The first-order valence-electron chi connectivity index (χ1n) is 10.4. The molecule has 0 heteroatoms. The molecule has 0 aliphatic heterocycles. The Hall–Kier alpha value is -0.520. The van der Waals surface area contributed by atoms with Crippen LogP contribution in [0.2, 0.25) is 0 Å². The molecule has 0 unspecified atom stereocenters. The lowest BCUT2D eigenvalue weighted by molar-refractivity contribution is 0.0493. The van der Waals surface area contributed by atoms with Crippen LogP contribution in [0.1, 0.15) is 85.5 Å². The smallest absolute Gasteiger partial charge is 0.00476 e. The number of rotatable bonds is 2. The van der Waals surface area contributed by atoms with Gasteiger partial charge in [-0.2, -0.15) is 0 Å². The van der Waals surface area contributed by atoms with Gasteiger partial charge >= 0.3 is 0 Å². The predicted octanol–water partition coefficient (Wildman–Crippen LogP) is 6.92. The third-order valence-corrected chi connectivity index (χ3v) is 8.89. The zero-order chi connectivity index (χ0) is 16.2. The van der Waals surface area contributed by atoms with E-state index in [1.54, 1.807) is 5.57 Å². The highest BCUT2D eigenvalue weighted by Gasteiger charge is 2.56. The first-order valence-corrected chi connectivity index (χ1v) is 10.4. The van der Waals surface area contributed by atoms with Gasteiger partial charge in [-0.05, 0) is 79.4 Å². The van der Waals surface area contributed by atoms with Crippen LogP contribution in [0.15, 0.2) is 23.3 Å². The van der Waals surface area contributed by atoms with E-state index in [1.807, 2.05) is 5.57 Å². The summed E-state index contributed by atoms with van der Waals surface area (Å²) in [6.45, 7) is 10.2. The first kappa shape index (κ1) is 16.0. The van der Waals surface area contributed by atoms with Crippen LogP contribution in [0, 0.1) is 34.5 Å². The quantitative estimate of drug-likeness (QED) is 0.519. The van der Waals surface area contributed by atoms with Gasteiger partial charge in [-0.3, -0.25) is 0 Å². The van der Waals surface area contributed by atoms with Crippen LogP contribution in [-0.2, 0) is 0 Å². The van der Waals surface area contributed by atoms with Crippen molar-refractivity contribution in [2.75, 3.05) is 0 Å². The molecule has 3 fully saturated rings. The third kappa shape index (κ3) is 2.16. The van der Waals surface area contributed by atoms with Gasteiger partial charge in [-0.15, -0.1) is 0 Å². The molecule has 0 aromatic carbocycles. The molecule has 0 bridgehead atoms. The minimum atomic E-state index is 0.512. The predicted molar refractivity (Wildman–Crippen MR) is 99.2 cm³/mol. The van der Waals surface area contributed by atoms with E-state index in [4.69, 9.17) is 0 Å². The fourth-order valence-electron chi connectivity index (χ4n) is 7.30. The molecule has 0 heterocycles. The Morgan fingerprint density at radius 2 is 1.87 bits per heavy atom. The summed E-state index contributed by atoms with van der Waals surface area (Å²) < 4.78 is 0. The van der Waals surface area contributed by atoms with Crippen LogP contribution >= 0.6 is 0 Å². The van der Waals surface area contributed by atoms with Crippen LogP contribution in [0.3, 0.4) is 0 Å². The minimum absolute atomic E-state index is 0.512. The van der Waals surface area contributed by atoms with Crippen LogP contribution in [0.4, 0.5) is 0 Å². The van der Waals surface area contributed by atoms with Gasteiger partial charge < -0.3 is 0 Å². The van der Waals surface area contributed by atoms with E-state index >= 15 is 0 Å². The van der Waals surface area contributed by atoms with E-state index in [1.165, 1.54) is 57.8 Å². The van der Waals surface area contributed by atoms with Crippen molar-refractivity contribution in [3.05, 3.63) is 23.3 Å².